The second-order valence-electron chi connectivity index (χ2n) is 5.00. The highest BCUT2D eigenvalue weighted by molar-refractivity contribution is 9.11. The Hall–Kier alpha value is -1.22. The normalized spacial score (nSPS) is 17.4. The summed E-state index contributed by atoms with van der Waals surface area (Å²) in [6.07, 6.45) is 0. The Morgan fingerprint density at radius 3 is 2.13 bits per heavy atom. The molecule has 0 bridgehead atoms. The topological polar surface area (TPSA) is 49.4 Å². The summed E-state index contributed by atoms with van der Waals surface area (Å²) in [5.74, 6) is -0.380. The van der Waals surface area contributed by atoms with Crippen molar-refractivity contribution in [2.24, 2.45) is 0 Å². The van der Waals surface area contributed by atoms with Crippen molar-refractivity contribution in [2.75, 3.05) is 7.05 Å². The summed E-state index contributed by atoms with van der Waals surface area (Å²) in [5, 5.41) is 2.86. The van der Waals surface area contributed by atoms with E-state index in [2.05, 4.69) is 37.2 Å². The lowest BCUT2D eigenvalue weighted by molar-refractivity contribution is -0.122. The third-order valence-electron chi connectivity index (χ3n) is 3.68. The van der Waals surface area contributed by atoms with Crippen molar-refractivity contribution in [2.45, 2.75) is 0 Å². The van der Waals surface area contributed by atoms with Gasteiger partial charge in [-0.1, -0.05) is 0 Å². The van der Waals surface area contributed by atoms with Crippen LogP contribution in [0.15, 0.2) is 43.0 Å². The van der Waals surface area contributed by atoms with E-state index in [4.69, 9.17) is 0 Å². The van der Waals surface area contributed by atoms with Gasteiger partial charge in [0.15, 0.2) is 0 Å². The smallest absolute Gasteiger partial charge is 0.261 e. The first-order chi connectivity index (χ1) is 11.0. The lowest BCUT2D eigenvalue weighted by atomic mass is 10.1. The van der Waals surface area contributed by atoms with E-state index in [0.29, 0.717) is 22.5 Å². The Kier molecular flexibility index (Phi) is 3.60. The van der Waals surface area contributed by atoms with E-state index in [9.17, 15) is 9.59 Å². The van der Waals surface area contributed by atoms with Crippen LogP contribution in [0.1, 0.15) is 9.75 Å². The number of carbonyl (C=O) groups is 2. The summed E-state index contributed by atoms with van der Waals surface area (Å²) >= 11 is 9.83. The average Bonchev–Trinajstić information content (AvgIpc) is 3.23. The van der Waals surface area contributed by atoms with E-state index in [1.54, 1.807) is 11.9 Å². The molecule has 0 saturated carbocycles. The van der Waals surface area contributed by atoms with E-state index >= 15 is 0 Å². The molecule has 4 nitrogen and oxygen atoms in total. The summed E-state index contributed by atoms with van der Waals surface area (Å²) < 4.78 is 1.91. The molecule has 1 N–H and O–H groups in total. The highest BCUT2D eigenvalue weighted by Gasteiger charge is 2.44. The Morgan fingerprint density at radius 2 is 1.57 bits per heavy atom. The molecule has 2 aromatic rings. The maximum atomic E-state index is 12.7. The van der Waals surface area contributed by atoms with Crippen LogP contribution in [0.3, 0.4) is 0 Å². The van der Waals surface area contributed by atoms with Gasteiger partial charge < -0.3 is 10.2 Å². The number of nitrogens with zero attached hydrogens (tertiary/aromatic N) is 1. The van der Waals surface area contributed by atoms with Gasteiger partial charge in [-0.05, 0) is 56.1 Å². The van der Waals surface area contributed by atoms with Crippen LogP contribution in [0, 0.1) is 0 Å². The highest BCUT2D eigenvalue weighted by Crippen LogP contribution is 2.44. The molecule has 0 aliphatic carbocycles. The molecule has 0 radical (unpaired) electrons. The summed E-state index contributed by atoms with van der Waals surface area (Å²) in [6.45, 7) is 0. The lowest BCUT2D eigenvalue weighted by Crippen LogP contribution is -2.23. The van der Waals surface area contributed by atoms with Crippen molar-refractivity contribution in [3.63, 3.8) is 0 Å². The molecule has 4 heterocycles. The van der Waals surface area contributed by atoms with E-state index in [1.165, 1.54) is 22.7 Å². The van der Waals surface area contributed by atoms with Crippen molar-refractivity contribution in [1.82, 2.24) is 10.2 Å². The summed E-state index contributed by atoms with van der Waals surface area (Å²) in [7, 11) is 1.71. The van der Waals surface area contributed by atoms with E-state index in [1.807, 2.05) is 24.3 Å². The fourth-order valence-corrected chi connectivity index (χ4v) is 5.58. The molecule has 0 aromatic carbocycles. The van der Waals surface area contributed by atoms with Gasteiger partial charge in [0.25, 0.3) is 11.8 Å². The van der Waals surface area contributed by atoms with Gasteiger partial charge in [0.1, 0.15) is 0 Å². The van der Waals surface area contributed by atoms with Crippen LogP contribution in [-0.2, 0) is 9.59 Å². The molecule has 2 amide bonds. The van der Waals surface area contributed by atoms with Crippen molar-refractivity contribution >= 4 is 77.7 Å². The molecular weight excluding hydrogens is 464 g/mol. The standard InChI is InChI=1S/C15H8Br2N2O2S2/c1-19-13(7-3-5-9(17)23-7)11-10(15(19)21)12(18-14(11)20)6-2-4-8(16)22-6/h2-5H,1H3,(H,18,20). The van der Waals surface area contributed by atoms with Crippen LogP contribution < -0.4 is 5.32 Å². The number of rotatable bonds is 2. The van der Waals surface area contributed by atoms with Crippen LogP contribution in [-0.4, -0.2) is 23.8 Å². The molecule has 23 heavy (non-hydrogen) atoms. The number of nitrogens with one attached hydrogen (secondary N) is 1. The summed E-state index contributed by atoms with van der Waals surface area (Å²) in [6, 6.07) is 7.63. The fraction of sp³-hybridized carbons (Fsp3) is 0.0667. The molecule has 0 unspecified atom stereocenters. The van der Waals surface area contributed by atoms with Gasteiger partial charge >= 0.3 is 0 Å². The van der Waals surface area contributed by atoms with Crippen molar-refractivity contribution in [3.05, 3.63) is 52.7 Å². The largest absolute Gasteiger partial charge is 0.320 e. The quantitative estimate of drug-likeness (QED) is 0.717. The predicted molar refractivity (Wildman–Crippen MR) is 98.8 cm³/mol. The number of amides is 2. The van der Waals surface area contributed by atoms with Crippen molar-refractivity contribution in [3.8, 4) is 0 Å². The zero-order chi connectivity index (χ0) is 16.3. The highest BCUT2D eigenvalue weighted by atomic mass is 79.9. The number of fused-ring (bicyclic) bond motifs is 1. The van der Waals surface area contributed by atoms with Gasteiger partial charge in [-0.25, -0.2) is 0 Å². The number of hydrogen-bond donors (Lipinski definition) is 1. The SMILES string of the molecule is CN1C(=O)C2=C(c3ccc(Br)s3)NC(=O)C2=C1c1ccc(Br)s1. The molecule has 2 aliphatic heterocycles. The maximum absolute atomic E-state index is 12.7. The first-order valence-electron chi connectivity index (χ1n) is 6.57. The Labute approximate surface area is 156 Å². The number of carbonyl (C=O) groups excluding carboxylic acids is 2. The van der Waals surface area contributed by atoms with Crippen LogP contribution in [0.25, 0.3) is 11.4 Å². The minimum absolute atomic E-state index is 0.155. The lowest BCUT2D eigenvalue weighted by Gasteiger charge is -2.14. The van der Waals surface area contributed by atoms with Crippen LogP contribution in [0.2, 0.25) is 0 Å². The number of hydrogen-bond acceptors (Lipinski definition) is 4. The molecule has 0 spiro atoms. The first kappa shape index (κ1) is 15.3. The fourth-order valence-electron chi connectivity index (χ4n) is 2.72. The summed E-state index contributed by atoms with van der Waals surface area (Å²) in [4.78, 5) is 28.6. The second kappa shape index (κ2) is 5.41. The molecule has 0 saturated heterocycles. The van der Waals surface area contributed by atoms with E-state index in [0.717, 1.165) is 17.3 Å². The molecule has 2 aliphatic rings. The summed E-state index contributed by atoms with van der Waals surface area (Å²) in [5.41, 5.74) is 2.20. The van der Waals surface area contributed by atoms with Crippen LogP contribution >= 0.6 is 54.5 Å². The predicted octanol–water partition coefficient (Wildman–Crippen LogP) is 4.06. The van der Waals surface area contributed by atoms with E-state index in [-0.39, 0.29) is 11.8 Å². The molecule has 2 aromatic heterocycles. The Morgan fingerprint density at radius 1 is 0.957 bits per heavy atom. The zero-order valence-corrected chi connectivity index (χ0v) is 16.5. The second-order valence-corrected chi connectivity index (χ2v) is 9.93. The first-order valence-corrected chi connectivity index (χ1v) is 9.79. The minimum atomic E-state index is -0.225. The van der Waals surface area contributed by atoms with Gasteiger partial charge in [0.2, 0.25) is 0 Å². The van der Waals surface area contributed by atoms with Gasteiger partial charge in [-0.3, -0.25) is 9.59 Å². The van der Waals surface area contributed by atoms with Gasteiger partial charge in [0.05, 0.1) is 39.9 Å². The van der Waals surface area contributed by atoms with E-state index < -0.39 is 0 Å². The maximum Gasteiger partial charge on any atom is 0.261 e. The Bertz CT molecular complexity index is 939. The average molecular weight is 472 g/mol. The molecular formula is C15H8Br2N2O2S2. The van der Waals surface area contributed by atoms with Crippen LogP contribution in [0.5, 0.6) is 0 Å². The molecule has 0 atom stereocenters. The molecule has 4 rings (SSSR count). The Balaban J connectivity index is 1.96. The third kappa shape index (κ3) is 2.27. The van der Waals surface area contributed by atoms with Crippen LogP contribution in [0.4, 0.5) is 0 Å². The third-order valence-corrected chi connectivity index (χ3v) is 6.95. The zero-order valence-electron chi connectivity index (χ0n) is 11.6. The minimum Gasteiger partial charge on any atom is -0.320 e. The monoisotopic (exact) mass is 470 g/mol. The number of halogens is 2. The molecule has 116 valence electrons. The number of thiophene rings is 2. The van der Waals surface area contributed by atoms with Gasteiger partial charge in [0, 0.05) is 7.05 Å². The van der Waals surface area contributed by atoms with Crippen molar-refractivity contribution < 1.29 is 9.59 Å². The van der Waals surface area contributed by atoms with Gasteiger partial charge in [-0.2, -0.15) is 0 Å². The van der Waals surface area contributed by atoms with Crippen molar-refractivity contribution in [1.29, 1.82) is 0 Å². The molecule has 8 heteroatoms. The number of likely N-dealkylation sites (N-methyl/N-ethyl adjacent to an activating group) is 1. The molecule has 0 fully saturated rings. The van der Waals surface area contributed by atoms with Gasteiger partial charge in [-0.15, -0.1) is 22.7 Å².